The van der Waals surface area contributed by atoms with Gasteiger partial charge in [-0.3, -0.25) is 15.0 Å². The molecule has 7 heteroatoms. The van der Waals surface area contributed by atoms with Gasteiger partial charge in [0.2, 0.25) is 0 Å². The molecule has 0 saturated carbocycles. The van der Waals surface area contributed by atoms with Gasteiger partial charge in [0.25, 0.3) is 11.5 Å². The van der Waals surface area contributed by atoms with Gasteiger partial charge < -0.3 is 4.74 Å². The van der Waals surface area contributed by atoms with E-state index >= 15 is 0 Å². The standard InChI is InChI=1S/C19H19N3O3S/c1-11-7-8-12(9-14(11)25-2)17(23)21-22-10-20-18-16(19(22)24)13-5-3-4-6-15(13)26-18/h7-10H,3-6H2,1-2H3,(H,21,23). The van der Waals surface area contributed by atoms with Gasteiger partial charge in [-0.25, -0.2) is 9.66 Å². The van der Waals surface area contributed by atoms with Gasteiger partial charge in [0.1, 0.15) is 16.9 Å². The topological polar surface area (TPSA) is 73.2 Å². The lowest BCUT2D eigenvalue weighted by Gasteiger charge is -2.11. The number of aromatic nitrogens is 2. The van der Waals surface area contributed by atoms with E-state index in [1.54, 1.807) is 30.6 Å². The normalized spacial score (nSPS) is 13.5. The number of nitrogens with one attached hydrogen (secondary N) is 1. The van der Waals surface area contributed by atoms with Crippen molar-refractivity contribution in [1.82, 2.24) is 9.66 Å². The SMILES string of the molecule is COc1cc(C(=O)Nn2cnc3sc4c(c3c2=O)CCCC4)ccc1C. The van der Waals surface area contributed by atoms with Crippen LogP contribution in [0, 0.1) is 6.92 Å². The van der Waals surface area contributed by atoms with Crippen LogP contribution in [0.25, 0.3) is 10.2 Å². The largest absolute Gasteiger partial charge is 0.496 e. The molecule has 3 aromatic rings. The van der Waals surface area contributed by atoms with E-state index in [4.69, 9.17) is 4.74 Å². The van der Waals surface area contributed by atoms with E-state index in [-0.39, 0.29) is 11.5 Å². The van der Waals surface area contributed by atoms with Crippen LogP contribution in [0.2, 0.25) is 0 Å². The number of hydrogen-bond donors (Lipinski definition) is 1. The molecule has 26 heavy (non-hydrogen) atoms. The highest BCUT2D eigenvalue weighted by atomic mass is 32.1. The van der Waals surface area contributed by atoms with Crippen LogP contribution < -0.4 is 15.7 Å². The number of rotatable bonds is 3. The van der Waals surface area contributed by atoms with E-state index in [0.29, 0.717) is 16.7 Å². The Balaban J connectivity index is 1.70. The monoisotopic (exact) mass is 369 g/mol. The van der Waals surface area contributed by atoms with Crippen LogP contribution in [0.1, 0.15) is 39.2 Å². The van der Waals surface area contributed by atoms with E-state index in [1.165, 1.54) is 15.9 Å². The summed E-state index contributed by atoms with van der Waals surface area (Å²) in [5.41, 5.74) is 4.89. The van der Waals surface area contributed by atoms with Crippen LogP contribution >= 0.6 is 11.3 Å². The average molecular weight is 369 g/mol. The molecule has 1 aromatic carbocycles. The van der Waals surface area contributed by atoms with Crippen LogP contribution in [-0.4, -0.2) is 22.7 Å². The quantitative estimate of drug-likeness (QED) is 0.770. The first-order valence-electron chi connectivity index (χ1n) is 8.56. The smallest absolute Gasteiger partial charge is 0.281 e. The summed E-state index contributed by atoms with van der Waals surface area (Å²) >= 11 is 1.59. The molecule has 134 valence electrons. The molecule has 4 rings (SSSR count). The molecule has 0 unspecified atom stereocenters. The molecular formula is C19H19N3O3S. The maximum absolute atomic E-state index is 12.9. The number of hydrogen-bond acceptors (Lipinski definition) is 5. The summed E-state index contributed by atoms with van der Waals surface area (Å²) in [6, 6.07) is 5.18. The summed E-state index contributed by atoms with van der Waals surface area (Å²) in [4.78, 5) is 31.8. The molecule has 1 N–H and O–H groups in total. The Hall–Kier alpha value is -2.67. The number of fused-ring (bicyclic) bond motifs is 3. The summed E-state index contributed by atoms with van der Waals surface area (Å²) in [5, 5.41) is 0.647. The Kier molecular flexibility index (Phi) is 4.24. The minimum Gasteiger partial charge on any atom is -0.496 e. The Morgan fingerprint density at radius 2 is 2.12 bits per heavy atom. The fourth-order valence-electron chi connectivity index (χ4n) is 3.36. The molecule has 0 atom stereocenters. The number of aryl methyl sites for hydroxylation is 3. The van der Waals surface area contributed by atoms with Crippen LogP contribution in [0.15, 0.2) is 29.3 Å². The van der Waals surface area contributed by atoms with Crippen molar-refractivity contribution in [2.45, 2.75) is 32.6 Å². The first-order chi connectivity index (χ1) is 12.6. The maximum Gasteiger partial charge on any atom is 0.281 e. The molecule has 2 aromatic heterocycles. The van der Waals surface area contributed by atoms with Crippen molar-refractivity contribution in [2.75, 3.05) is 12.5 Å². The predicted molar refractivity (Wildman–Crippen MR) is 102 cm³/mol. The number of methoxy groups -OCH3 is 1. The van der Waals surface area contributed by atoms with Crippen LogP contribution in [-0.2, 0) is 12.8 Å². The second-order valence-corrected chi connectivity index (χ2v) is 7.52. The Bertz CT molecular complexity index is 1070. The number of thiophene rings is 1. The van der Waals surface area contributed by atoms with Crippen molar-refractivity contribution in [3.63, 3.8) is 0 Å². The fraction of sp³-hybridized carbons (Fsp3) is 0.316. The lowest BCUT2D eigenvalue weighted by atomic mass is 9.97. The molecular weight excluding hydrogens is 350 g/mol. The van der Waals surface area contributed by atoms with Crippen molar-refractivity contribution in [2.24, 2.45) is 0 Å². The number of amides is 1. The van der Waals surface area contributed by atoms with Gasteiger partial charge in [0, 0.05) is 10.4 Å². The highest BCUT2D eigenvalue weighted by Gasteiger charge is 2.20. The first-order valence-corrected chi connectivity index (χ1v) is 9.38. The van der Waals surface area contributed by atoms with E-state index < -0.39 is 0 Å². The fourth-order valence-corrected chi connectivity index (χ4v) is 4.58. The number of carbonyl (C=O) groups excluding carboxylic acids is 1. The zero-order valence-electron chi connectivity index (χ0n) is 14.7. The lowest BCUT2D eigenvalue weighted by Crippen LogP contribution is -2.33. The molecule has 0 radical (unpaired) electrons. The molecule has 6 nitrogen and oxygen atoms in total. The van der Waals surface area contributed by atoms with Crippen molar-refractivity contribution >= 4 is 27.5 Å². The van der Waals surface area contributed by atoms with Crippen molar-refractivity contribution in [3.05, 3.63) is 56.4 Å². The van der Waals surface area contributed by atoms with E-state index in [1.807, 2.05) is 13.0 Å². The van der Waals surface area contributed by atoms with Crippen LogP contribution in [0.3, 0.4) is 0 Å². The summed E-state index contributed by atoms with van der Waals surface area (Å²) < 4.78 is 6.44. The van der Waals surface area contributed by atoms with Crippen molar-refractivity contribution in [3.8, 4) is 5.75 Å². The minimum absolute atomic E-state index is 0.221. The molecule has 2 heterocycles. The van der Waals surface area contributed by atoms with Gasteiger partial charge in [-0.2, -0.15) is 0 Å². The molecule has 0 saturated heterocycles. The van der Waals surface area contributed by atoms with Crippen LogP contribution in [0.4, 0.5) is 0 Å². The first kappa shape index (κ1) is 16.8. The Morgan fingerprint density at radius 1 is 1.31 bits per heavy atom. The molecule has 0 bridgehead atoms. The minimum atomic E-state index is -0.379. The Labute approximate surface area is 154 Å². The summed E-state index contributed by atoms with van der Waals surface area (Å²) in [5.74, 6) is 0.251. The third-order valence-corrected chi connectivity index (χ3v) is 5.97. The van der Waals surface area contributed by atoms with Gasteiger partial charge in [0.15, 0.2) is 0 Å². The highest BCUT2D eigenvalue weighted by Crippen LogP contribution is 2.33. The van der Waals surface area contributed by atoms with Crippen molar-refractivity contribution < 1.29 is 9.53 Å². The third-order valence-electron chi connectivity index (χ3n) is 4.77. The second kappa shape index (κ2) is 6.57. The van der Waals surface area contributed by atoms with Gasteiger partial charge in [0.05, 0.1) is 12.5 Å². The molecule has 0 fully saturated rings. The van der Waals surface area contributed by atoms with Gasteiger partial charge in [-0.15, -0.1) is 11.3 Å². The maximum atomic E-state index is 12.9. The number of ether oxygens (including phenoxy) is 1. The van der Waals surface area contributed by atoms with E-state index in [9.17, 15) is 9.59 Å². The molecule has 1 aliphatic carbocycles. The zero-order valence-corrected chi connectivity index (χ0v) is 15.5. The summed E-state index contributed by atoms with van der Waals surface area (Å²) in [6.07, 6.45) is 5.53. The Morgan fingerprint density at radius 3 is 2.92 bits per heavy atom. The molecule has 0 aliphatic heterocycles. The second-order valence-electron chi connectivity index (χ2n) is 6.44. The predicted octanol–water partition coefficient (Wildman–Crippen LogP) is 3.04. The number of nitrogens with zero attached hydrogens (tertiary/aromatic N) is 2. The van der Waals surface area contributed by atoms with Gasteiger partial charge in [-0.1, -0.05) is 6.07 Å². The molecule has 0 spiro atoms. The van der Waals surface area contributed by atoms with Gasteiger partial charge >= 0.3 is 0 Å². The third kappa shape index (κ3) is 2.78. The number of carbonyl (C=O) groups is 1. The van der Waals surface area contributed by atoms with Crippen molar-refractivity contribution in [1.29, 1.82) is 0 Å². The summed E-state index contributed by atoms with van der Waals surface area (Å²) in [6.45, 7) is 1.91. The zero-order chi connectivity index (χ0) is 18.3. The average Bonchev–Trinajstić information content (AvgIpc) is 3.03. The number of benzene rings is 1. The van der Waals surface area contributed by atoms with E-state index in [0.717, 1.165) is 41.6 Å². The molecule has 1 aliphatic rings. The van der Waals surface area contributed by atoms with Crippen LogP contribution in [0.5, 0.6) is 5.75 Å². The highest BCUT2D eigenvalue weighted by molar-refractivity contribution is 7.18. The molecule has 1 amide bonds. The lowest BCUT2D eigenvalue weighted by molar-refractivity contribution is 0.101. The summed E-state index contributed by atoms with van der Waals surface area (Å²) in [7, 11) is 1.56. The van der Waals surface area contributed by atoms with E-state index in [2.05, 4.69) is 10.4 Å². The van der Waals surface area contributed by atoms with Gasteiger partial charge in [-0.05, 0) is 55.9 Å².